The van der Waals surface area contributed by atoms with Gasteiger partial charge in [-0.25, -0.2) is 18.2 Å². The lowest BCUT2D eigenvalue weighted by Crippen LogP contribution is -2.54. The number of hydrogen-bond donors (Lipinski definition) is 1. The first-order valence-electron chi connectivity index (χ1n) is 16.1. The number of Topliss-reactive ketones (excluding diaryl/α,β-unsaturated/α-hetero) is 1. The number of carbonyl (C=O) groups is 3. The highest BCUT2D eigenvalue weighted by molar-refractivity contribution is 7.93. The van der Waals surface area contributed by atoms with Gasteiger partial charge in [-0.1, -0.05) is 24.3 Å². The van der Waals surface area contributed by atoms with Crippen molar-refractivity contribution < 1.29 is 37.0 Å². The fourth-order valence-electron chi connectivity index (χ4n) is 6.24. The number of ether oxygens (including phenoxy) is 3. The van der Waals surface area contributed by atoms with Crippen LogP contribution in [-0.4, -0.2) is 84.0 Å². The monoisotopic (exact) mass is 675 g/mol. The highest BCUT2D eigenvalue weighted by atomic mass is 32.2. The van der Waals surface area contributed by atoms with E-state index in [1.165, 1.54) is 4.90 Å². The summed E-state index contributed by atoms with van der Waals surface area (Å²) >= 11 is 0. The quantitative estimate of drug-likeness (QED) is 0.282. The third-order valence-corrected chi connectivity index (χ3v) is 11.2. The van der Waals surface area contributed by atoms with Gasteiger partial charge in [-0.2, -0.15) is 0 Å². The Morgan fingerprint density at radius 3 is 2.44 bits per heavy atom. The minimum atomic E-state index is -3.60. The van der Waals surface area contributed by atoms with Crippen LogP contribution in [-0.2, 0) is 24.2 Å². The first-order valence-corrected chi connectivity index (χ1v) is 17.8. The standard InChI is InChI=1S/C36H41N3O8S/c1-6-24-19-36(24,31(40)21-48(43,44)27-15-16-27)38-32(41)30-18-26(20-39(30)34(42)47-35(2,3)4)46-33-28-10-8-7-9-23(28)17-29(37-33)22-11-13-25(45-5)14-12-22/h6-14,17,24,26-27,30H,1,15-16,18-21H2,2-5H3,(H,38,41)/t24-,26-,30+,36-/m1/s1. The Labute approximate surface area is 280 Å². The summed E-state index contributed by atoms with van der Waals surface area (Å²) in [5.41, 5.74) is -0.692. The van der Waals surface area contributed by atoms with Crippen molar-refractivity contribution in [1.29, 1.82) is 0 Å². The molecule has 11 nitrogen and oxygen atoms in total. The van der Waals surface area contributed by atoms with E-state index in [0.29, 0.717) is 30.2 Å². The molecule has 1 aliphatic heterocycles. The van der Waals surface area contributed by atoms with Crippen LogP contribution in [0.5, 0.6) is 11.6 Å². The van der Waals surface area contributed by atoms with Crippen LogP contribution in [0.2, 0.25) is 0 Å². The van der Waals surface area contributed by atoms with Crippen LogP contribution in [0.4, 0.5) is 4.79 Å². The third-order valence-electron chi connectivity index (χ3n) is 9.07. The summed E-state index contributed by atoms with van der Waals surface area (Å²) in [4.78, 5) is 47.0. The van der Waals surface area contributed by atoms with Gasteiger partial charge in [-0.3, -0.25) is 14.5 Å². The number of pyridine rings is 1. The predicted octanol–water partition coefficient (Wildman–Crippen LogP) is 4.87. The molecule has 1 aromatic heterocycles. The largest absolute Gasteiger partial charge is 0.497 e. The first kappa shape index (κ1) is 33.5. The van der Waals surface area contributed by atoms with E-state index in [9.17, 15) is 22.8 Å². The van der Waals surface area contributed by atoms with Crippen molar-refractivity contribution in [2.75, 3.05) is 19.4 Å². The molecule has 2 heterocycles. The van der Waals surface area contributed by atoms with Gasteiger partial charge in [0.15, 0.2) is 15.6 Å². The third kappa shape index (κ3) is 6.89. The second kappa shape index (κ2) is 12.5. The van der Waals surface area contributed by atoms with Gasteiger partial charge in [-0.15, -0.1) is 6.58 Å². The number of fused-ring (bicyclic) bond motifs is 1. The number of sulfone groups is 1. The summed E-state index contributed by atoms with van der Waals surface area (Å²) in [5.74, 6) is -1.14. The fourth-order valence-corrected chi connectivity index (χ4v) is 7.96. The zero-order valence-corrected chi connectivity index (χ0v) is 28.4. The highest BCUT2D eigenvalue weighted by Gasteiger charge is 2.61. The molecule has 3 aliphatic rings. The van der Waals surface area contributed by atoms with Crippen LogP contribution in [0.15, 0.2) is 67.3 Å². The molecule has 0 radical (unpaired) electrons. The van der Waals surface area contributed by atoms with Crippen molar-refractivity contribution >= 4 is 38.4 Å². The van der Waals surface area contributed by atoms with E-state index in [1.807, 2.05) is 54.6 Å². The average molecular weight is 676 g/mol. The molecular formula is C36H41N3O8S. The predicted molar refractivity (Wildman–Crippen MR) is 180 cm³/mol. The number of likely N-dealkylation sites (tertiary alicyclic amines) is 1. The molecule has 1 saturated heterocycles. The van der Waals surface area contributed by atoms with Gasteiger partial charge in [-0.05, 0) is 81.8 Å². The number of aromatic nitrogens is 1. The van der Waals surface area contributed by atoms with E-state index >= 15 is 0 Å². The van der Waals surface area contributed by atoms with E-state index in [1.54, 1.807) is 34.0 Å². The lowest BCUT2D eigenvalue weighted by molar-refractivity contribution is -0.130. The Morgan fingerprint density at radius 2 is 1.81 bits per heavy atom. The smallest absolute Gasteiger partial charge is 0.411 e. The molecule has 12 heteroatoms. The van der Waals surface area contributed by atoms with Gasteiger partial charge < -0.3 is 19.5 Å². The Kier molecular flexibility index (Phi) is 8.74. The summed E-state index contributed by atoms with van der Waals surface area (Å²) in [5, 5.41) is 4.00. The number of nitrogens with one attached hydrogen (secondary N) is 1. The Morgan fingerprint density at radius 1 is 1.10 bits per heavy atom. The number of hydrogen-bond acceptors (Lipinski definition) is 9. The maximum Gasteiger partial charge on any atom is 0.411 e. The molecule has 6 rings (SSSR count). The van der Waals surface area contributed by atoms with Gasteiger partial charge in [0.25, 0.3) is 0 Å². The minimum absolute atomic E-state index is 0.0255. The average Bonchev–Trinajstić information content (AvgIpc) is 3.97. The van der Waals surface area contributed by atoms with Crippen molar-refractivity contribution in [3.05, 3.63) is 67.3 Å². The SMILES string of the molecule is C=C[C@@H]1C[C@]1(NC(=O)[C@@H]1C[C@@H](Oc2nc(-c3ccc(OC)cc3)cc3ccccc23)CN1C(=O)OC(C)(C)C)C(=O)CS(=O)(=O)C1CC1. The Bertz CT molecular complexity index is 1870. The molecule has 0 unspecified atom stereocenters. The zero-order chi connectivity index (χ0) is 34.4. The first-order chi connectivity index (χ1) is 22.7. The molecule has 3 fully saturated rings. The van der Waals surface area contributed by atoms with Crippen LogP contribution in [0.1, 0.15) is 46.5 Å². The van der Waals surface area contributed by atoms with Crippen LogP contribution in [0.25, 0.3) is 22.0 Å². The molecule has 2 aliphatic carbocycles. The van der Waals surface area contributed by atoms with Crippen molar-refractivity contribution in [2.45, 2.75) is 75.0 Å². The summed E-state index contributed by atoms with van der Waals surface area (Å²) < 4.78 is 42.8. The number of rotatable bonds is 11. The van der Waals surface area contributed by atoms with Crippen molar-refractivity contribution in [3.8, 4) is 22.9 Å². The molecule has 0 spiro atoms. The fraction of sp³-hybridized carbons (Fsp3) is 0.444. The van der Waals surface area contributed by atoms with Gasteiger partial charge in [0.1, 0.15) is 34.8 Å². The van der Waals surface area contributed by atoms with E-state index in [4.69, 9.17) is 19.2 Å². The van der Waals surface area contributed by atoms with Crippen molar-refractivity contribution in [2.24, 2.45) is 5.92 Å². The summed E-state index contributed by atoms with van der Waals surface area (Å²) in [6.07, 6.45) is 1.63. The summed E-state index contributed by atoms with van der Waals surface area (Å²) in [6, 6.07) is 16.1. The molecule has 0 bridgehead atoms. The minimum Gasteiger partial charge on any atom is -0.497 e. The summed E-state index contributed by atoms with van der Waals surface area (Å²) in [7, 11) is -2.00. The normalized spacial score (nSPS) is 23.8. The number of nitrogens with zero attached hydrogens (tertiary/aromatic N) is 2. The van der Waals surface area contributed by atoms with E-state index < -0.39 is 67.8 Å². The zero-order valence-electron chi connectivity index (χ0n) is 27.6. The molecule has 4 atom stereocenters. The molecule has 1 N–H and O–H groups in total. The number of ketones is 1. The highest BCUT2D eigenvalue weighted by Crippen LogP contribution is 2.46. The van der Waals surface area contributed by atoms with E-state index in [0.717, 1.165) is 16.3 Å². The molecule has 254 valence electrons. The lowest BCUT2D eigenvalue weighted by Gasteiger charge is -2.29. The summed E-state index contributed by atoms with van der Waals surface area (Å²) in [6.45, 7) is 9.01. The lowest BCUT2D eigenvalue weighted by atomic mass is 10.1. The van der Waals surface area contributed by atoms with E-state index in [2.05, 4.69) is 11.9 Å². The molecular weight excluding hydrogens is 634 g/mol. The number of amides is 2. The second-order valence-electron chi connectivity index (χ2n) is 13.8. The van der Waals surface area contributed by atoms with Gasteiger partial charge in [0.2, 0.25) is 11.8 Å². The van der Waals surface area contributed by atoms with Crippen molar-refractivity contribution in [3.63, 3.8) is 0 Å². The van der Waals surface area contributed by atoms with Gasteiger partial charge in [0.05, 0.1) is 24.6 Å². The molecule has 2 saturated carbocycles. The van der Waals surface area contributed by atoms with Gasteiger partial charge in [0, 0.05) is 23.3 Å². The van der Waals surface area contributed by atoms with Crippen LogP contribution >= 0.6 is 0 Å². The maximum absolute atomic E-state index is 14.0. The van der Waals surface area contributed by atoms with Crippen molar-refractivity contribution in [1.82, 2.24) is 15.2 Å². The second-order valence-corrected chi connectivity index (χ2v) is 16.1. The van der Waals surface area contributed by atoms with Crippen LogP contribution < -0.4 is 14.8 Å². The number of carbonyl (C=O) groups excluding carboxylic acids is 3. The van der Waals surface area contributed by atoms with Crippen LogP contribution in [0, 0.1) is 5.92 Å². The maximum atomic E-state index is 14.0. The molecule has 48 heavy (non-hydrogen) atoms. The Hall–Kier alpha value is -4.45. The topological polar surface area (TPSA) is 141 Å². The molecule has 3 aromatic rings. The Balaban J connectivity index is 1.27. The van der Waals surface area contributed by atoms with Crippen LogP contribution in [0.3, 0.4) is 0 Å². The number of methoxy groups -OCH3 is 1. The molecule has 2 amide bonds. The van der Waals surface area contributed by atoms with Gasteiger partial charge >= 0.3 is 6.09 Å². The number of benzene rings is 2. The molecule has 2 aromatic carbocycles. The van der Waals surface area contributed by atoms with E-state index in [-0.39, 0.29) is 19.4 Å².